The number of pyridine rings is 1. The minimum Gasteiger partial charge on any atom is -0.391 e. The number of azide groups is 1. The SMILES string of the molecule is Cc1c2c(cc3c1c1nn(Cc4ccccc4)cc1c(=O)n3C[C@H](O)CN=[N+]=[N-])CCCC2. The maximum absolute atomic E-state index is 13.6. The van der Waals surface area contributed by atoms with Gasteiger partial charge < -0.3 is 9.67 Å². The van der Waals surface area contributed by atoms with E-state index in [4.69, 9.17) is 10.6 Å². The van der Waals surface area contributed by atoms with Crippen LogP contribution in [0.5, 0.6) is 0 Å². The first-order chi connectivity index (χ1) is 16.1. The highest BCUT2D eigenvalue weighted by atomic mass is 16.3. The Bertz CT molecular complexity index is 1450. The molecule has 0 spiro atoms. The molecule has 0 aliphatic heterocycles. The summed E-state index contributed by atoms with van der Waals surface area (Å²) in [5.74, 6) is 0. The summed E-state index contributed by atoms with van der Waals surface area (Å²) in [6, 6.07) is 12.1. The molecule has 2 aromatic heterocycles. The van der Waals surface area contributed by atoms with Crippen LogP contribution in [0.2, 0.25) is 0 Å². The number of benzene rings is 2. The van der Waals surface area contributed by atoms with Crippen molar-refractivity contribution in [1.29, 1.82) is 0 Å². The lowest BCUT2D eigenvalue weighted by atomic mass is 9.86. The molecule has 2 heterocycles. The van der Waals surface area contributed by atoms with Gasteiger partial charge >= 0.3 is 0 Å². The molecular weight excluding hydrogens is 416 g/mol. The van der Waals surface area contributed by atoms with Gasteiger partial charge in [-0.25, -0.2) is 0 Å². The van der Waals surface area contributed by atoms with Crippen LogP contribution < -0.4 is 5.56 Å². The zero-order chi connectivity index (χ0) is 22.9. The molecule has 1 aliphatic carbocycles. The molecule has 2 aromatic carbocycles. The van der Waals surface area contributed by atoms with Gasteiger partial charge in [0.2, 0.25) is 0 Å². The molecule has 1 atom stereocenters. The molecule has 0 bridgehead atoms. The van der Waals surface area contributed by atoms with Crippen LogP contribution >= 0.6 is 0 Å². The number of aryl methyl sites for hydroxylation is 2. The Morgan fingerprint density at radius 3 is 2.82 bits per heavy atom. The van der Waals surface area contributed by atoms with E-state index in [0.29, 0.717) is 17.4 Å². The van der Waals surface area contributed by atoms with Crippen LogP contribution in [0.25, 0.3) is 32.2 Å². The van der Waals surface area contributed by atoms with Gasteiger partial charge in [-0.2, -0.15) is 5.10 Å². The minimum atomic E-state index is -0.949. The molecular formula is C25H26N6O2. The van der Waals surface area contributed by atoms with Crippen molar-refractivity contribution >= 4 is 21.8 Å². The van der Waals surface area contributed by atoms with Crippen molar-refractivity contribution in [2.45, 2.75) is 51.8 Å². The number of fused-ring (bicyclic) bond motifs is 4. The van der Waals surface area contributed by atoms with Gasteiger partial charge in [-0.15, -0.1) is 0 Å². The van der Waals surface area contributed by atoms with Crippen molar-refractivity contribution in [3.05, 3.63) is 85.6 Å². The highest BCUT2D eigenvalue weighted by Gasteiger charge is 2.22. The molecule has 0 fully saturated rings. The van der Waals surface area contributed by atoms with Gasteiger partial charge in [-0.05, 0) is 66.5 Å². The van der Waals surface area contributed by atoms with E-state index >= 15 is 0 Å². The summed E-state index contributed by atoms with van der Waals surface area (Å²) in [6.45, 7) is 2.67. The topological polar surface area (TPSA) is 109 Å². The Morgan fingerprint density at radius 2 is 2.03 bits per heavy atom. The van der Waals surface area contributed by atoms with E-state index in [-0.39, 0.29) is 18.6 Å². The third-order valence-electron chi connectivity index (χ3n) is 6.61. The highest BCUT2D eigenvalue weighted by Crippen LogP contribution is 2.33. The molecule has 4 aromatic rings. The fourth-order valence-corrected chi connectivity index (χ4v) is 5.06. The zero-order valence-corrected chi connectivity index (χ0v) is 18.6. The average Bonchev–Trinajstić information content (AvgIpc) is 3.24. The summed E-state index contributed by atoms with van der Waals surface area (Å²) in [5.41, 5.74) is 14.8. The number of aromatic nitrogens is 3. The molecule has 168 valence electrons. The lowest BCUT2D eigenvalue weighted by molar-refractivity contribution is 0.162. The second-order valence-electron chi connectivity index (χ2n) is 8.80. The lowest BCUT2D eigenvalue weighted by Gasteiger charge is -2.22. The smallest absolute Gasteiger partial charge is 0.262 e. The number of aliphatic hydroxyl groups is 1. The predicted molar refractivity (Wildman–Crippen MR) is 128 cm³/mol. The fourth-order valence-electron chi connectivity index (χ4n) is 5.06. The summed E-state index contributed by atoms with van der Waals surface area (Å²) in [7, 11) is 0. The second kappa shape index (κ2) is 8.73. The fraction of sp³-hybridized carbons (Fsp3) is 0.360. The Morgan fingerprint density at radius 1 is 1.24 bits per heavy atom. The minimum absolute atomic E-state index is 0.0619. The first-order valence-electron chi connectivity index (χ1n) is 11.3. The summed E-state index contributed by atoms with van der Waals surface area (Å²) < 4.78 is 3.45. The van der Waals surface area contributed by atoms with E-state index in [9.17, 15) is 9.90 Å². The van der Waals surface area contributed by atoms with Gasteiger partial charge in [-0.1, -0.05) is 35.4 Å². The van der Waals surface area contributed by atoms with Crippen LogP contribution in [0.1, 0.15) is 35.1 Å². The second-order valence-corrected chi connectivity index (χ2v) is 8.80. The molecule has 0 unspecified atom stereocenters. The number of aliphatic hydroxyl groups excluding tert-OH is 1. The van der Waals surface area contributed by atoms with E-state index in [2.05, 4.69) is 23.0 Å². The molecule has 0 amide bonds. The Hall–Kier alpha value is -3.61. The van der Waals surface area contributed by atoms with Crippen molar-refractivity contribution in [2.75, 3.05) is 6.54 Å². The van der Waals surface area contributed by atoms with E-state index in [0.717, 1.165) is 47.7 Å². The van der Waals surface area contributed by atoms with Crippen LogP contribution in [0.3, 0.4) is 0 Å². The zero-order valence-electron chi connectivity index (χ0n) is 18.6. The van der Waals surface area contributed by atoms with Gasteiger partial charge in [-0.3, -0.25) is 9.48 Å². The van der Waals surface area contributed by atoms with Crippen molar-refractivity contribution in [1.82, 2.24) is 14.3 Å². The van der Waals surface area contributed by atoms with Crippen LogP contribution in [-0.4, -0.2) is 32.1 Å². The molecule has 33 heavy (non-hydrogen) atoms. The number of nitrogens with zero attached hydrogens (tertiary/aromatic N) is 6. The average molecular weight is 443 g/mol. The summed E-state index contributed by atoms with van der Waals surface area (Å²) >= 11 is 0. The van der Waals surface area contributed by atoms with Crippen LogP contribution in [-0.2, 0) is 25.9 Å². The molecule has 0 saturated heterocycles. The van der Waals surface area contributed by atoms with Crippen molar-refractivity contribution in [3.8, 4) is 0 Å². The monoisotopic (exact) mass is 442 g/mol. The third-order valence-corrected chi connectivity index (χ3v) is 6.61. The Labute approximate surface area is 190 Å². The molecule has 0 radical (unpaired) electrons. The number of hydrogen-bond acceptors (Lipinski definition) is 4. The van der Waals surface area contributed by atoms with Crippen molar-refractivity contribution < 1.29 is 5.11 Å². The number of rotatable bonds is 6. The van der Waals surface area contributed by atoms with Crippen LogP contribution in [0.4, 0.5) is 0 Å². The number of hydrogen-bond donors (Lipinski definition) is 1. The van der Waals surface area contributed by atoms with E-state index < -0.39 is 6.10 Å². The normalized spacial score (nSPS) is 14.2. The van der Waals surface area contributed by atoms with E-state index in [1.54, 1.807) is 10.8 Å². The summed E-state index contributed by atoms with van der Waals surface area (Å²) in [6.07, 6.45) is 5.17. The Balaban J connectivity index is 1.75. The Kier molecular flexibility index (Phi) is 5.62. The maximum Gasteiger partial charge on any atom is 0.262 e. The summed E-state index contributed by atoms with van der Waals surface area (Å²) in [4.78, 5) is 16.3. The van der Waals surface area contributed by atoms with Crippen LogP contribution in [0, 0.1) is 6.92 Å². The van der Waals surface area contributed by atoms with E-state index in [1.807, 2.05) is 35.0 Å². The lowest BCUT2D eigenvalue weighted by Crippen LogP contribution is -2.29. The molecule has 8 nitrogen and oxygen atoms in total. The van der Waals surface area contributed by atoms with E-state index in [1.165, 1.54) is 11.1 Å². The van der Waals surface area contributed by atoms with Gasteiger partial charge in [0, 0.05) is 16.5 Å². The standard InChI is InChI=1S/C25H26N6O2/c1-16-20-10-6-5-9-18(20)11-22-23(16)24-21(25(33)31(22)14-19(32)12-27-29-26)15-30(28-24)13-17-7-3-2-4-8-17/h2-4,7-8,11,15,19,32H,5-6,9-10,12-14H2,1H3/t19-/m1/s1. The van der Waals surface area contributed by atoms with Gasteiger partial charge in [0.15, 0.2) is 0 Å². The molecule has 8 heteroatoms. The van der Waals surface area contributed by atoms with Gasteiger partial charge in [0.1, 0.15) is 5.52 Å². The third kappa shape index (κ3) is 3.88. The highest BCUT2D eigenvalue weighted by molar-refractivity contribution is 6.05. The predicted octanol–water partition coefficient (Wildman–Crippen LogP) is 4.26. The van der Waals surface area contributed by atoms with Crippen LogP contribution in [0.15, 0.2) is 52.5 Å². The first kappa shape index (κ1) is 21.2. The molecule has 1 aliphatic rings. The summed E-state index contributed by atoms with van der Waals surface area (Å²) in [5, 5.41) is 20.3. The van der Waals surface area contributed by atoms with Gasteiger partial charge in [0.05, 0.1) is 36.6 Å². The van der Waals surface area contributed by atoms with Gasteiger partial charge in [0.25, 0.3) is 5.56 Å². The van der Waals surface area contributed by atoms with Crippen molar-refractivity contribution in [2.24, 2.45) is 5.11 Å². The molecule has 5 rings (SSSR count). The first-order valence-corrected chi connectivity index (χ1v) is 11.3. The largest absolute Gasteiger partial charge is 0.391 e. The molecule has 1 N–H and O–H groups in total. The quantitative estimate of drug-likeness (QED) is 0.274. The maximum atomic E-state index is 13.6. The van der Waals surface area contributed by atoms with Crippen molar-refractivity contribution in [3.63, 3.8) is 0 Å². The molecule has 0 saturated carbocycles.